The maximum atomic E-state index is 12.6. The smallest absolute Gasteiger partial charge is 0.243 e. The van der Waals surface area contributed by atoms with Crippen molar-refractivity contribution in [3.63, 3.8) is 0 Å². The first kappa shape index (κ1) is 18.5. The summed E-state index contributed by atoms with van der Waals surface area (Å²) in [7, 11) is -3.55. The second-order valence-electron chi connectivity index (χ2n) is 6.39. The Balaban J connectivity index is 1.40. The highest BCUT2D eigenvalue weighted by molar-refractivity contribution is 7.99. The monoisotopic (exact) mass is 409 g/mol. The standard InChI is InChI=1S/C16H19N5O4S2/c22-15(11-26-16-17-18-19-21(16)13-3-4-13)12-1-5-14(6-2-12)27(23,24)20-7-9-25-10-8-20/h1-2,5-6,13H,3-4,7-11H2. The average molecular weight is 409 g/mol. The molecule has 27 heavy (non-hydrogen) atoms. The molecule has 11 heteroatoms. The quantitative estimate of drug-likeness (QED) is 0.492. The van der Waals surface area contributed by atoms with Crippen molar-refractivity contribution in [3.8, 4) is 0 Å². The van der Waals surface area contributed by atoms with E-state index < -0.39 is 10.0 Å². The van der Waals surface area contributed by atoms with Gasteiger partial charge in [-0.1, -0.05) is 23.9 Å². The van der Waals surface area contributed by atoms with E-state index in [1.807, 2.05) is 0 Å². The number of thioether (sulfide) groups is 1. The van der Waals surface area contributed by atoms with Crippen LogP contribution in [0.25, 0.3) is 0 Å². The minimum atomic E-state index is -3.55. The van der Waals surface area contributed by atoms with Gasteiger partial charge < -0.3 is 4.74 Å². The molecular weight excluding hydrogens is 390 g/mol. The van der Waals surface area contributed by atoms with Crippen LogP contribution in [0.15, 0.2) is 34.3 Å². The number of tetrazole rings is 1. The molecule has 0 bridgehead atoms. The summed E-state index contributed by atoms with van der Waals surface area (Å²) in [6.07, 6.45) is 2.12. The number of carbonyl (C=O) groups excluding carboxylic acids is 1. The van der Waals surface area contributed by atoms with Crippen molar-refractivity contribution >= 4 is 27.6 Å². The van der Waals surface area contributed by atoms with Crippen LogP contribution >= 0.6 is 11.8 Å². The molecule has 1 aliphatic heterocycles. The molecule has 0 unspecified atom stereocenters. The Morgan fingerprint density at radius 1 is 1.19 bits per heavy atom. The predicted molar refractivity (Wildman–Crippen MR) is 97.2 cm³/mol. The Kier molecular flexibility index (Phi) is 5.26. The summed E-state index contributed by atoms with van der Waals surface area (Å²) in [6.45, 7) is 1.48. The van der Waals surface area contributed by atoms with Gasteiger partial charge in [-0.15, -0.1) is 5.10 Å². The lowest BCUT2D eigenvalue weighted by Gasteiger charge is -2.26. The van der Waals surface area contributed by atoms with Crippen LogP contribution < -0.4 is 0 Å². The number of carbonyl (C=O) groups is 1. The Labute approximate surface area is 161 Å². The number of sulfonamides is 1. The molecule has 0 spiro atoms. The number of benzene rings is 1. The van der Waals surface area contributed by atoms with E-state index in [4.69, 9.17) is 4.74 Å². The van der Waals surface area contributed by atoms with E-state index in [0.717, 1.165) is 12.8 Å². The molecule has 1 saturated heterocycles. The van der Waals surface area contributed by atoms with Gasteiger partial charge in [-0.2, -0.15) is 4.31 Å². The van der Waals surface area contributed by atoms with Crippen LogP contribution in [0.2, 0.25) is 0 Å². The third-order valence-electron chi connectivity index (χ3n) is 4.47. The van der Waals surface area contributed by atoms with E-state index in [9.17, 15) is 13.2 Å². The van der Waals surface area contributed by atoms with Crippen molar-refractivity contribution in [2.24, 2.45) is 0 Å². The zero-order valence-electron chi connectivity index (χ0n) is 14.5. The predicted octanol–water partition coefficient (Wildman–Crippen LogP) is 1.00. The third kappa shape index (κ3) is 4.05. The SMILES string of the molecule is O=C(CSc1nnnn1C1CC1)c1ccc(S(=O)(=O)N2CCOCC2)cc1. The van der Waals surface area contributed by atoms with Gasteiger partial charge >= 0.3 is 0 Å². The molecule has 2 aliphatic rings. The minimum Gasteiger partial charge on any atom is -0.379 e. The van der Waals surface area contributed by atoms with Gasteiger partial charge in [0.2, 0.25) is 15.2 Å². The van der Waals surface area contributed by atoms with Crippen LogP contribution in [-0.2, 0) is 14.8 Å². The molecule has 2 heterocycles. The van der Waals surface area contributed by atoms with Crippen LogP contribution in [0.1, 0.15) is 29.2 Å². The molecule has 1 aromatic heterocycles. The zero-order valence-corrected chi connectivity index (χ0v) is 16.2. The molecular formula is C16H19N5O4S2. The molecule has 2 fully saturated rings. The van der Waals surface area contributed by atoms with Crippen molar-refractivity contribution in [2.75, 3.05) is 32.1 Å². The Bertz CT molecular complexity index is 919. The number of hydrogen-bond donors (Lipinski definition) is 0. The lowest BCUT2D eigenvalue weighted by Crippen LogP contribution is -2.40. The highest BCUT2D eigenvalue weighted by Gasteiger charge is 2.28. The first-order chi connectivity index (χ1) is 13.1. The number of ether oxygens (including phenoxy) is 1. The second-order valence-corrected chi connectivity index (χ2v) is 9.27. The van der Waals surface area contributed by atoms with Crippen LogP contribution in [0.4, 0.5) is 0 Å². The van der Waals surface area contributed by atoms with Gasteiger partial charge in [0.1, 0.15) is 0 Å². The van der Waals surface area contributed by atoms with Crippen LogP contribution in [0.5, 0.6) is 0 Å². The zero-order chi connectivity index (χ0) is 18.9. The summed E-state index contributed by atoms with van der Waals surface area (Å²) in [5.41, 5.74) is 0.467. The summed E-state index contributed by atoms with van der Waals surface area (Å²) >= 11 is 1.29. The number of Topliss-reactive ketones (excluding diaryl/α,β-unsaturated/α-hetero) is 1. The summed E-state index contributed by atoms with van der Waals surface area (Å²) < 4.78 is 33.6. The van der Waals surface area contributed by atoms with Gasteiger partial charge in [-0.25, -0.2) is 13.1 Å². The van der Waals surface area contributed by atoms with E-state index in [1.54, 1.807) is 16.8 Å². The topological polar surface area (TPSA) is 107 Å². The van der Waals surface area contributed by atoms with Gasteiger partial charge in [-0.3, -0.25) is 4.79 Å². The fourth-order valence-corrected chi connectivity index (χ4v) is 5.04. The summed E-state index contributed by atoms with van der Waals surface area (Å²) in [6, 6.07) is 6.43. The number of nitrogens with zero attached hydrogens (tertiary/aromatic N) is 5. The minimum absolute atomic E-state index is 0.0966. The molecule has 0 amide bonds. The molecule has 0 atom stereocenters. The normalized spacial score (nSPS) is 18.5. The number of hydrogen-bond acceptors (Lipinski definition) is 8. The van der Waals surface area contributed by atoms with Gasteiger partial charge in [0.15, 0.2) is 5.78 Å². The number of ketones is 1. The third-order valence-corrected chi connectivity index (χ3v) is 7.32. The van der Waals surface area contributed by atoms with Crippen LogP contribution in [0.3, 0.4) is 0 Å². The Morgan fingerprint density at radius 3 is 2.56 bits per heavy atom. The van der Waals surface area contributed by atoms with Gasteiger partial charge in [0.25, 0.3) is 0 Å². The summed E-state index contributed by atoms with van der Waals surface area (Å²) in [5, 5.41) is 12.2. The van der Waals surface area contributed by atoms with Crippen LogP contribution in [-0.4, -0.2) is 70.8 Å². The molecule has 9 nitrogen and oxygen atoms in total. The molecule has 2 aromatic rings. The molecule has 4 rings (SSSR count). The lowest BCUT2D eigenvalue weighted by molar-refractivity contribution is 0.0730. The van der Waals surface area contributed by atoms with E-state index in [-0.39, 0.29) is 16.4 Å². The molecule has 1 aliphatic carbocycles. The van der Waals surface area contributed by atoms with Gasteiger partial charge in [0, 0.05) is 18.7 Å². The highest BCUT2D eigenvalue weighted by atomic mass is 32.2. The van der Waals surface area contributed by atoms with Gasteiger partial charge in [0.05, 0.1) is 29.9 Å². The van der Waals surface area contributed by atoms with E-state index >= 15 is 0 Å². The maximum Gasteiger partial charge on any atom is 0.243 e. The summed E-state index contributed by atoms with van der Waals surface area (Å²) in [5.74, 6) is 0.100. The largest absolute Gasteiger partial charge is 0.379 e. The molecule has 0 radical (unpaired) electrons. The molecule has 144 valence electrons. The first-order valence-electron chi connectivity index (χ1n) is 8.67. The highest BCUT2D eigenvalue weighted by Crippen LogP contribution is 2.36. The van der Waals surface area contributed by atoms with Crippen molar-refractivity contribution in [2.45, 2.75) is 28.9 Å². The van der Waals surface area contributed by atoms with E-state index in [0.29, 0.717) is 43.1 Å². The van der Waals surface area contributed by atoms with Gasteiger partial charge in [-0.05, 0) is 35.4 Å². The van der Waals surface area contributed by atoms with E-state index in [2.05, 4.69) is 15.5 Å². The molecule has 1 saturated carbocycles. The average Bonchev–Trinajstić information content (AvgIpc) is 3.44. The Morgan fingerprint density at radius 2 is 1.89 bits per heavy atom. The molecule has 0 N–H and O–H groups in total. The fourth-order valence-electron chi connectivity index (χ4n) is 2.79. The number of aromatic nitrogens is 4. The second kappa shape index (κ2) is 7.66. The Hall–Kier alpha value is -1.82. The number of rotatable bonds is 7. The van der Waals surface area contributed by atoms with Crippen molar-refractivity contribution in [1.82, 2.24) is 24.5 Å². The number of morpholine rings is 1. The summed E-state index contributed by atoms with van der Waals surface area (Å²) in [4.78, 5) is 12.6. The van der Waals surface area contributed by atoms with E-state index in [1.165, 1.54) is 28.2 Å². The van der Waals surface area contributed by atoms with Crippen molar-refractivity contribution in [1.29, 1.82) is 0 Å². The van der Waals surface area contributed by atoms with Crippen molar-refractivity contribution < 1.29 is 17.9 Å². The molecule has 1 aromatic carbocycles. The lowest BCUT2D eigenvalue weighted by atomic mass is 10.1. The maximum absolute atomic E-state index is 12.6. The fraction of sp³-hybridized carbons (Fsp3) is 0.500. The first-order valence-corrected chi connectivity index (χ1v) is 11.1. The van der Waals surface area contributed by atoms with Crippen LogP contribution in [0, 0.1) is 0 Å². The van der Waals surface area contributed by atoms with Crippen molar-refractivity contribution in [3.05, 3.63) is 29.8 Å².